The summed E-state index contributed by atoms with van der Waals surface area (Å²) in [5.74, 6) is 5.81. The number of aliphatic hydroxyl groups excluding tert-OH is 1. The summed E-state index contributed by atoms with van der Waals surface area (Å²) >= 11 is 0. The van der Waals surface area contributed by atoms with E-state index in [1.54, 1.807) is 18.2 Å². The highest BCUT2D eigenvalue weighted by atomic mass is 16.5. The van der Waals surface area contributed by atoms with Crippen molar-refractivity contribution in [2.24, 2.45) is 0 Å². The van der Waals surface area contributed by atoms with Crippen molar-refractivity contribution in [2.75, 3.05) is 13.2 Å². The molecule has 0 spiro atoms. The van der Waals surface area contributed by atoms with Crippen LogP contribution in [0.4, 0.5) is 0 Å². The number of nitrogens with one attached hydrogen (secondary N) is 1. The Hall–Kier alpha value is -2.65. The van der Waals surface area contributed by atoms with E-state index in [1.165, 1.54) is 6.39 Å². The van der Waals surface area contributed by atoms with Gasteiger partial charge in [0.15, 0.2) is 5.82 Å². The number of carbonyl (C=O) groups is 1. The second-order valence-electron chi connectivity index (χ2n) is 4.34. The lowest BCUT2D eigenvalue weighted by atomic mass is 10.0. The minimum Gasteiger partial charge on any atom is -0.384 e. The maximum Gasteiger partial charge on any atom is 0.251 e. The van der Waals surface area contributed by atoms with Gasteiger partial charge >= 0.3 is 0 Å². The van der Waals surface area contributed by atoms with Gasteiger partial charge in [-0.2, -0.15) is 4.98 Å². The summed E-state index contributed by atoms with van der Waals surface area (Å²) < 4.78 is 4.61. The smallest absolute Gasteiger partial charge is 0.251 e. The maximum atomic E-state index is 12.0. The number of carbonyl (C=O) groups excluding carboxylic acids is 1. The first-order valence-corrected chi connectivity index (χ1v) is 6.44. The van der Waals surface area contributed by atoms with Crippen LogP contribution in [0.5, 0.6) is 0 Å². The van der Waals surface area contributed by atoms with Crippen molar-refractivity contribution in [1.29, 1.82) is 0 Å². The molecule has 108 valence electrons. The Labute approximate surface area is 122 Å². The van der Waals surface area contributed by atoms with Gasteiger partial charge in [-0.05, 0) is 30.7 Å². The molecule has 0 radical (unpaired) electrons. The van der Waals surface area contributed by atoms with Gasteiger partial charge in [-0.15, -0.1) is 0 Å². The van der Waals surface area contributed by atoms with E-state index < -0.39 is 0 Å². The fourth-order valence-corrected chi connectivity index (χ4v) is 1.77. The van der Waals surface area contributed by atoms with E-state index in [0.29, 0.717) is 24.4 Å². The second-order valence-corrected chi connectivity index (χ2v) is 4.34. The standard InChI is InChI=1S/C15H15N3O3/c1-11-9-13(5-4-12(11)3-2-8-19)15(20)16-7-6-14-17-10-21-18-14/h4-5,9-10,19H,6-8H2,1H3,(H,16,20). The van der Waals surface area contributed by atoms with Crippen LogP contribution in [0.15, 0.2) is 29.1 Å². The molecule has 2 N–H and O–H groups in total. The van der Waals surface area contributed by atoms with E-state index in [4.69, 9.17) is 5.11 Å². The summed E-state index contributed by atoms with van der Waals surface area (Å²) in [7, 11) is 0. The second kappa shape index (κ2) is 7.22. The molecule has 1 amide bonds. The number of aromatic nitrogens is 2. The monoisotopic (exact) mass is 285 g/mol. The Morgan fingerprint density at radius 3 is 3.00 bits per heavy atom. The van der Waals surface area contributed by atoms with Crippen molar-refractivity contribution in [3.8, 4) is 11.8 Å². The third-order valence-electron chi connectivity index (χ3n) is 2.83. The fraction of sp³-hybridized carbons (Fsp3) is 0.267. The highest BCUT2D eigenvalue weighted by Gasteiger charge is 2.07. The zero-order valence-corrected chi connectivity index (χ0v) is 11.6. The lowest BCUT2D eigenvalue weighted by molar-refractivity contribution is 0.0954. The molecule has 21 heavy (non-hydrogen) atoms. The minimum absolute atomic E-state index is 0.164. The molecule has 0 fully saturated rings. The summed E-state index contributed by atoms with van der Waals surface area (Å²) in [4.78, 5) is 15.9. The fourth-order valence-electron chi connectivity index (χ4n) is 1.77. The molecule has 0 unspecified atom stereocenters. The van der Waals surface area contributed by atoms with E-state index >= 15 is 0 Å². The molecule has 0 saturated heterocycles. The first-order chi connectivity index (χ1) is 10.2. The Kier molecular flexibility index (Phi) is 5.07. The van der Waals surface area contributed by atoms with Gasteiger partial charge in [-0.25, -0.2) is 0 Å². The van der Waals surface area contributed by atoms with E-state index in [-0.39, 0.29) is 12.5 Å². The lowest BCUT2D eigenvalue weighted by Crippen LogP contribution is -2.26. The highest BCUT2D eigenvalue weighted by Crippen LogP contribution is 2.10. The third kappa shape index (κ3) is 4.16. The van der Waals surface area contributed by atoms with Crippen LogP contribution in [-0.2, 0) is 6.42 Å². The molecule has 2 rings (SSSR count). The molecule has 6 heteroatoms. The first kappa shape index (κ1) is 14.8. The molecule has 2 aromatic rings. The summed E-state index contributed by atoms with van der Waals surface area (Å²) in [6.07, 6.45) is 1.77. The number of benzene rings is 1. The number of aryl methyl sites for hydroxylation is 1. The van der Waals surface area contributed by atoms with Crippen LogP contribution in [-0.4, -0.2) is 34.3 Å². The largest absolute Gasteiger partial charge is 0.384 e. The van der Waals surface area contributed by atoms with Crippen LogP contribution in [0.3, 0.4) is 0 Å². The Bertz CT molecular complexity index is 669. The van der Waals surface area contributed by atoms with E-state index in [1.807, 2.05) is 6.92 Å². The molecule has 0 aliphatic heterocycles. The number of rotatable bonds is 4. The zero-order valence-electron chi connectivity index (χ0n) is 11.6. The van der Waals surface area contributed by atoms with Gasteiger partial charge in [-0.3, -0.25) is 4.79 Å². The van der Waals surface area contributed by atoms with E-state index in [0.717, 1.165) is 11.1 Å². The van der Waals surface area contributed by atoms with Gasteiger partial charge in [0.05, 0.1) is 0 Å². The van der Waals surface area contributed by atoms with Crippen molar-refractivity contribution >= 4 is 5.91 Å². The molecule has 0 bridgehead atoms. The summed E-state index contributed by atoms with van der Waals surface area (Å²) in [5.41, 5.74) is 2.25. The van der Waals surface area contributed by atoms with Crippen molar-refractivity contribution in [2.45, 2.75) is 13.3 Å². The number of aliphatic hydroxyl groups is 1. The number of hydrogen-bond acceptors (Lipinski definition) is 5. The Morgan fingerprint density at radius 1 is 1.48 bits per heavy atom. The molecule has 1 heterocycles. The normalized spacial score (nSPS) is 9.81. The van der Waals surface area contributed by atoms with Crippen LogP contribution < -0.4 is 5.32 Å². The van der Waals surface area contributed by atoms with Gasteiger partial charge in [0.25, 0.3) is 5.91 Å². The molecule has 0 atom stereocenters. The van der Waals surface area contributed by atoms with Gasteiger partial charge < -0.3 is 14.9 Å². The lowest BCUT2D eigenvalue weighted by Gasteiger charge is -2.06. The average Bonchev–Trinajstić information content (AvgIpc) is 2.99. The van der Waals surface area contributed by atoms with E-state index in [9.17, 15) is 4.79 Å². The first-order valence-electron chi connectivity index (χ1n) is 6.44. The van der Waals surface area contributed by atoms with Crippen LogP contribution in [0, 0.1) is 18.8 Å². The topological polar surface area (TPSA) is 88.3 Å². The van der Waals surface area contributed by atoms with Crippen LogP contribution in [0.1, 0.15) is 27.3 Å². The SMILES string of the molecule is Cc1cc(C(=O)NCCc2ncon2)ccc1C#CCO. The predicted octanol–water partition coefficient (Wildman–Crippen LogP) is 0.694. The maximum absolute atomic E-state index is 12.0. The molecule has 0 saturated carbocycles. The summed E-state index contributed by atoms with van der Waals surface area (Å²) in [6, 6.07) is 5.25. The van der Waals surface area contributed by atoms with Crippen LogP contribution >= 0.6 is 0 Å². The van der Waals surface area contributed by atoms with E-state index in [2.05, 4.69) is 31.8 Å². The number of amides is 1. The van der Waals surface area contributed by atoms with Crippen LogP contribution in [0.2, 0.25) is 0 Å². The Morgan fingerprint density at radius 2 is 2.33 bits per heavy atom. The van der Waals surface area contributed by atoms with Gasteiger partial charge in [-0.1, -0.05) is 17.0 Å². The number of nitrogens with zero attached hydrogens (tertiary/aromatic N) is 2. The molecule has 1 aromatic heterocycles. The predicted molar refractivity (Wildman–Crippen MR) is 75.5 cm³/mol. The molecule has 6 nitrogen and oxygen atoms in total. The third-order valence-corrected chi connectivity index (χ3v) is 2.83. The van der Waals surface area contributed by atoms with Gasteiger partial charge in [0.2, 0.25) is 6.39 Å². The van der Waals surface area contributed by atoms with Crippen molar-refractivity contribution in [3.05, 3.63) is 47.1 Å². The highest BCUT2D eigenvalue weighted by molar-refractivity contribution is 5.94. The molecular weight excluding hydrogens is 270 g/mol. The van der Waals surface area contributed by atoms with Crippen molar-refractivity contribution in [1.82, 2.24) is 15.5 Å². The quantitative estimate of drug-likeness (QED) is 0.807. The zero-order chi connectivity index (χ0) is 15.1. The molecule has 0 aliphatic carbocycles. The number of hydrogen-bond donors (Lipinski definition) is 2. The summed E-state index contributed by atoms with van der Waals surface area (Å²) in [5, 5.41) is 15.1. The molecular formula is C15H15N3O3. The van der Waals surface area contributed by atoms with Gasteiger partial charge in [0.1, 0.15) is 6.61 Å². The van der Waals surface area contributed by atoms with Gasteiger partial charge in [0, 0.05) is 24.1 Å². The van der Waals surface area contributed by atoms with Crippen molar-refractivity contribution < 1.29 is 14.4 Å². The van der Waals surface area contributed by atoms with Crippen molar-refractivity contribution in [3.63, 3.8) is 0 Å². The molecule has 1 aromatic carbocycles. The summed E-state index contributed by atoms with van der Waals surface area (Å²) in [6.45, 7) is 2.12. The Balaban J connectivity index is 1.94. The molecule has 0 aliphatic rings. The average molecular weight is 285 g/mol. The van der Waals surface area contributed by atoms with Crippen LogP contribution in [0.25, 0.3) is 0 Å². The minimum atomic E-state index is -0.183.